The van der Waals surface area contributed by atoms with Crippen molar-refractivity contribution in [2.75, 3.05) is 18.1 Å². The highest BCUT2D eigenvalue weighted by molar-refractivity contribution is 6.04. The first kappa shape index (κ1) is 18.6. The Hall–Kier alpha value is -2.71. The van der Waals surface area contributed by atoms with Crippen LogP contribution in [0.5, 0.6) is 5.75 Å². The monoisotopic (exact) mass is 351 g/mol. The number of carbonyl (C=O) groups excluding carboxylic acids is 2. The van der Waals surface area contributed by atoms with Crippen LogP contribution in [0.4, 0.5) is 11.6 Å². The Balaban J connectivity index is 2.26. The molecule has 0 aromatic carbocycles. The van der Waals surface area contributed by atoms with Crippen molar-refractivity contribution >= 4 is 23.5 Å². The van der Waals surface area contributed by atoms with Gasteiger partial charge in [-0.05, 0) is 42.2 Å². The first-order chi connectivity index (χ1) is 11.6. The van der Waals surface area contributed by atoms with E-state index in [1.807, 2.05) is 13.8 Å². The molecule has 9 nitrogen and oxygen atoms in total. The van der Waals surface area contributed by atoms with E-state index >= 15 is 0 Å². The molecule has 136 valence electrons. The Morgan fingerprint density at radius 3 is 2.72 bits per heavy atom. The number of fused-ring (bicyclic) bond motifs is 1. The van der Waals surface area contributed by atoms with E-state index < -0.39 is 28.2 Å². The Kier molecular flexibility index (Phi) is 5.24. The number of esters is 1. The second kappa shape index (κ2) is 7.04. The van der Waals surface area contributed by atoms with Gasteiger partial charge in [0.2, 0.25) is 0 Å². The average Bonchev–Trinajstić information content (AvgIpc) is 2.50. The summed E-state index contributed by atoms with van der Waals surface area (Å²) >= 11 is 0. The Morgan fingerprint density at radius 2 is 2.12 bits per heavy atom. The zero-order valence-corrected chi connectivity index (χ0v) is 14.6. The van der Waals surface area contributed by atoms with Crippen LogP contribution in [-0.2, 0) is 14.3 Å². The van der Waals surface area contributed by atoms with Gasteiger partial charge in [0.1, 0.15) is 6.54 Å². The fourth-order valence-corrected chi connectivity index (χ4v) is 2.27. The normalized spacial score (nSPS) is 15.6. The molecule has 0 fully saturated rings. The lowest BCUT2D eigenvalue weighted by Gasteiger charge is -2.35. The molecule has 0 saturated heterocycles. The molecule has 0 atom stereocenters. The summed E-state index contributed by atoms with van der Waals surface area (Å²) in [6, 6.07) is 2.55. The average molecular weight is 351 g/mol. The van der Waals surface area contributed by atoms with Crippen LogP contribution in [-0.4, -0.2) is 40.5 Å². The molecule has 0 N–H and O–H groups in total. The highest BCUT2D eigenvalue weighted by Gasteiger charge is 2.45. The number of nitro groups is 1. The van der Waals surface area contributed by atoms with Crippen LogP contribution in [0, 0.1) is 16.0 Å². The molecule has 1 aromatic heterocycles. The molecule has 0 spiro atoms. The molecule has 25 heavy (non-hydrogen) atoms. The predicted octanol–water partition coefficient (Wildman–Crippen LogP) is 2.08. The van der Waals surface area contributed by atoms with Gasteiger partial charge in [-0.25, -0.2) is 0 Å². The summed E-state index contributed by atoms with van der Waals surface area (Å²) in [5, 5.41) is 10.9. The van der Waals surface area contributed by atoms with E-state index in [4.69, 9.17) is 9.47 Å². The Labute approximate surface area is 145 Å². The summed E-state index contributed by atoms with van der Waals surface area (Å²) in [7, 11) is 0. The number of rotatable bonds is 6. The maximum absolute atomic E-state index is 12.6. The van der Waals surface area contributed by atoms with E-state index in [9.17, 15) is 19.7 Å². The standard InChI is InChI=1S/C16H21N3O6/c1-10(2)7-8-24-13(20)9-18-14-11(25-16(3,4)15(18)21)5-6-12(17-14)19(22)23/h5-6,10H,7-9H2,1-4H3. The molecule has 2 rings (SSSR count). The molecule has 0 radical (unpaired) electrons. The van der Waals surface area contributed by atoms with Crippen molar-refractivity contribution in [2.45, 2.75) is 39.7 Å². The number of hydrogen-bond acceptors (Lipinski definition) is 7. The van der Waals surface area contributed by atoms with E-state index in [2.05, 4.69) is 4.98 Å². The first-order valence-electron chi connectivity index (χ1n) is 7.94. The molecule has 0 saturated carbocycles. The van der Waals surface area contributed by atoms with Crippen molar-refractivity contribution < 1.29 is 24.0 Å². The van der Waals surface area contributed by atoms with Gasteiger partial charge in [0, 0.05) is 6.07 Å². The molecule has 1 aliphatic rings. The third-order valence-corrected chi connectivity index (χ3v) is 3.64. The minimum absolute atomic E-state index is 0.0562. The molecule has 0 aliphatic carbocycles. The molecule has 9 heteroatoms. The van der Waals surface area contributed by atoms with Crippen LogP contribution in [0.2, 0.25) is 0 Å². The highest BCUT2D eigenvalue weighted by Crippen LogP contribution is 2.37. The molecular formula is C16H21N3O6. The number of amides is 1. The number of carbonyl (C=O) groups is 2. The summed E-state index contributed by atoms with van der Waals surface area (Å²) in [6.07, 6.45) is 0.703. The fraction of sp³-hybridized carbons (Fsp3) is 0.562. The second-order valence-electron chi connectivity index (χ2n) is 6.65. The summed E-state index contributed by atoms with van der Waals surface area (Å²) in [5.41, 5.74) is -1.22. The number of pyridine rings is 1. The number of anilines is 1. The maximum atomic E-state index is 12.6. The van der Waals surface area contributed by atoms with E-state index in [-0.39, 0.29) is 24.7 Å². The van der Waals surface area contributed by atoms with Gasteiger partial charge in [-0.2, -0.15) is 0 Å². The summed E-state index contributed by atoms with van der Waals surface area (Å²) in [4.78, 5) is 39.8. The Bertz CT molecular complexity index is 701. The van der Waals surface area contributed by atoms with Crippen LogP contribution < -0.4 is 9.64 Å². The molecular weight excluding hydrogens is 330 g/mol. The van der Waals surface area contributed by atoms with Gasteiger partial charge in [0.05, 0.1) is 6.61 Å². The van der Waals surface area contributed by atoms with Crippen LogP contribution in [0.1, 0.15) is 34.1 Å². The van der Waals surface area contributed by atoms with Crippen LogP contribution in [0.25, 0.3) is 0 Å². The molecule has 1 aliphatic heterocycles. The van der Waals surface area contributed by atoms with E-state index in [0.29, 0.717) is 12.3 Å². The molecule has 2 heterocycles. The number of aromatic nitrogens is 1. The first-order valence-corrected chi connectivity index (χ1v) is 7.94. The number of nitrogens with zero attached hydrogens (tertiary/aromatic N) is 3. The van der Waals surface area contributed by atoms with Crippen LogP contribution in [0.15, 0.2) is 12.1 Å². The molecule has 1 amide bonds. The minimum atomic E-state index is -1.22. The van der Waals surface area contributed by atoms with Gasteiger partial charge in [0.25, 0.3) is 11.7 Å². The lowest BCUT2D eigenvalue weighted by molar-refractivity contribution is -0.389. The molecule has 0 bridgehead atoms. The van der Waals surface area contributed by atoms with Gasteiger partial charge >= 0.3 is 11.8 Å². The Morgan fingerprint density at radius 1 is 1.44 bits per heavy atom. The summed E-state index contributed by atoms with van der Waals surface area (Å²) in [5.74, 6) is -1.04. The second-order valence-corrected chi connectivity index (χ2v) is 6.65. The topological polar surface area (TPSA) is 112 Å². The SMILES string of the molecule is CC(C)CCOC(=O)CN1C(=O)C(C)(C)Oc2ccc([N+](=O)[O-])nc21. The van der Waals surface area contributed by atoms with Crippen molar-refractivity contribution in [3.05, 3.63) is 22.2 Å². The largest absolute Gasteiger partial charge is 0.472 e. The molecule has 1 aromatic rings. The quantitative estimate of drug-likeness (QED) is 0.438. The van der Waals surface area contributed by atoms with E-state index in [0.717, 1.165) is 4.90 Å². The number of ether oxygens (including phenoxy) is 2. The predicted molar refractivity (Wildman–Crippen MR) is 88.4 cm³/mol. The third-order valence-electron chi connectivity index (χ3n) is 3.64. The van der Waals surface area contributed by atoms with Gasteiger partial charge in [-0.1, -0.05) is 13.8 Å². The van der Waals surface area contributed by atoms with Crippen molar-refractivity contribution in [2.24, 2.45) is 5.92 Å². The minimum Gasteiger partial charge on any atom is -0.472 e. The summed E-state index contributed by atoms with van der Waals surface area (Å²) in [6.45, 7) is 6.97. The lowest BCUT2D eigenvalue weighted by Crippen LogP contribution is -2.54. The van der Waals surface area contributed by atoms with Gasteiger partial charge in [0.15, 0.2) is 11.4 Å². The maximum Gasteiger partial charge on any atom is 0.366 e. The van der Waals surface area contributed by atoms with Crippen LogP contribution >= 0.6 is 0 Å². The van der Waals surface area contributed by atoms with Crippen molar-refractivity contribution in [1.82, 2.24) is 4.98 Å². The highest BCUT2D eigenvalue weighted by atomic mass is 16.6. The van der Waals surface area contributed by atoms with Gasteiger partial charge < -0.3 is 19.6 Å². The van der Waals surface area contributed by atoms with Gasteiger partial charge in [-0.3, -0.25) is 14.5 Å². The van der Waals surface area contributed by atoms with Crippen molar-refractivity contribution in [1.29, 1.82) is 0 Å². The third kappa shape index (κ3) is 4.23. The lowest BCUT2D eigenvalue weighted by atomic mass is 10.1. The number of hydrogen-bond donors (Lipinski definition) is 0. The zero-order chi connectivity index (χ0) is 18.8. The van der Waals surface area contributed by atoms with E-state index in [1.54, 1.807) is 13.8 Å². The van der Waals surface area contributed by atoms with Crippen molar-refractivity contribution in [3.63, 3.8) is 0 Å². The molecule has 0 unspecified atom stereocenters. The van der Waals surface area contributed by atoms with Gasteiger partial charge in [-0.15, -0.1) is 0 Å². The zero-order valence-electron chi connectivity index (χ0n) is 14.6. The van der Waals surface area contributed by atoms with Crippen molar-refractivity contribution in [3.8, 4) is 5.75 Å². The van der Waals surface area contributed by atoms with Crippen LogP contribution in [0.3, 0.4) is 0 Å². The van der Waals surface area contributed by atoms with E-state index in [1.165, 1.54) is 12.1 Å². The smallest absolute Gasteiger partial charge is 0.366 e. The summed E-state index contributed by atoms with van der Waals surface area (Å²) < 4.78 is 10.7. The fourth-order valence-electron chi connectivity index (χ4n) is 2.27.